The number of hydrogen-bond donors (Lipinski definition) is 1. The van der Waals surface area contributed by atoms with Gasteiger partial charge in [-0.2, -0.15) is 5.10 Å². The van der Waals surface area contributed by atoms with Crippen LogP contribution >= 0.6 is 0 Å². The van der Waals surface area contributed by atoms with Crippen LogP contribution in [0, 0.1) is 0 Å². The maximum atomic E-state index is 12.3. The molecule has 1 aliphatic heterocycles. The highest BCUT2D eigenvalue weighted by Crippen LogP contribution is 2.15. The van der Waals surface area contributed by atoms with Crippen molar-refractivity contribution in [2.24, 2.45) is 7.05 Å². The summed E-state index contributed by atoms with van der Waals surface area (Å²) in [5.74, 6) is -1.38. The Hall–Kier alpha value is -1.85. The lowest BCUT2D eigenvalue weighted by Crippen LogP contribution is -2.33. The van der Waals surface area contributed by atoms with Crippen LogP contribution < -0.4 is 0 Å². The Kier molecular flexibility index (Phi) is 3.64. The van der Waals surface area contributed by atoms with Crippen LogP contribution in [0.1, 0.15) is 46.5 Å². The van der Waals surface area contributed by atoms with E-state index in [9.17, 15) is 9.59 Å². The minimum absolute atomic E-state index is 0.0215. The molecule has 1 amide bonds. The number of carbonyl (C=O) groups excluding carboxylic acids is 1. The highest BCUT2D eigenvalue weighted by atomic mass is 16.4. The molecule has 1 aliphatic rings. The number of likely N-dealkylation sites (tertiary alicyclic amines) is 1. The third-order valence-electron chi connectivity index (χ3n) is 3.16. The van der Waals surface area contributed by atoms with Gasteiger partial charge in [-0.15, -0.1) is 0 Å². The number of rotatable bonds is 2. The van der Waals surface area contributed by atoms with Gasteiger partial charge in [0.25, 0.3) is 5.91 Å². The van der Waals surface area contributed by atoms with E-state index in [1.165, 1.54) is 10.9 Å². The minimum Gasteiger partial charge on any atom is -0.478 e. The molecule has 1 saturated heterocycles. The SMILES string of the molecule is Cn1cc(C(=O)O)c(C(=O)N2CCCCCC2)n1. The monoisotopic (exact) mass is 251 g/mol. The number of nitrogens with zero attached hydrogens (tertiary/aromatic N) is 3. The van der Waals surface area contributed by atoms with E-state index in [0.717, 1.165) is 25.7 Å². The van der Waals surface area contributed by atoms with Crippen molar-refractivity contribution in [2.45, 2.75) is 25.7 Å². The first kappa shape index (κ1) is 12.6. The predicted molar refractivity (Wildman–Crippen MR) is 64.5 cm³/mol. The number of carboxylic acids is 1. The van der Waals surface area contributed by atoms with E-state index >= 15 is 0 Å². The average Bonchev–Trinajstić information content (AvgIpc) is 2.56. The number of aromatic carboxylic acids is 1. The van der Waals surface area contributed by atoms with Crippen molar-refractivity contribution in [1.29, 1.82) is 0 Å². The molecule has 0 saturated carbocycles. The molecular formula is C12H17N3O3. The third kappa shape index (κ3) is 2.52. The molecular weight excluding hydrogens is 234 g/mol. The lowest BCUT2D eigenvalue weighted by molar-refractivity contribution is 0.0675. The topological polar surface area (TPSA) is 75.4 Å². The normalized spacial score (nSPS) is 16.4. The molecule has 0 radical (unpaired) electrons. The number of aryl methyl sites for hydroxylation is 1. The quantitative estimate of drug-likeness (QED) is 0.855. The van der Waals surface area contributed by atoms with Crippen LogP contribution in [-0.4, -0.2) is 44.8 Å². The zero-order chi connectivity index (χ0) is 13.1. The molecule has 1 aromatic rings. The predicted octanol–water partition coefficient (Wildman–Crippen LogP) is 1.13. The van der Waals surface area contributed by atoms with Gasteiger partial charge < -0.3 is 10.0 Å². The molecule has 98 valence electrons. The maximum Gasteiger partial charge on any atom is 0.339 e. The van der Waals surface area contributed by atoms with Gasteiger partial charge in [-0.05, 0) is 12.8 Å². The molecule has 1 N–H and O–H groups in total. The maximum absolute atomic E-state index is 12.3. The zero-order valence-corrected chi connectivity index (χ0v) is 10.4. The summed E-state index contributed by atoms with van der Waals surface area (Å²) < 4.78 is 1.37. The standard InChI is InChI=1S/C12H17N3O3/c1-14-8-9(12(17)18)10(13-14)11(16)15-6-4-2-3-5-7-15/h8H,2-7H2,1H3,(H,17,18). The van der Waals surface area contributed by atoms with Crippen molar-refractivity contribution in [2.75, 3.05) is 13.1 Å². The van der Waals surface area contributed by atoms with Crippen LogP contribution in [0.2, 0.25) is 0 Å². The molecule has 2 heterocycles. The smallest absolute Gasteiger partial charge is 0.339 e. The summed E-state index contributed by atoms with van der Waals surface area (Å²) in [4.78, 5) is 25.1. The Morgan fingerprint density at radius 2 is 1.83 bits per heavy atom. The lowest BCUT2D eigenvalue weighted by atomic mass is 10.2. The largest absolute Gasteiger partial charge is 0.478 e. The Bertz CT molecular complexity index is 459. The molecule has 2 rings (SSSR count). The van der Waals surface area contributed by atoms with E-state index in [0.29, 0.717) is 13.1 Å². The number of carbonyl (C=O) groups is 2. The van der Waals surface area contributed by atoms with Crippen molar-refractivity contribution in [3.05, 3.63) is 17.5 Å². The van der Waals surface area contributed by atoms with Gasteiger partial charge >= 0.3 is 5.97 Å². The molecule has 0 atom stereocenters. The molecule has 0 bridgehead atoms. The zero-order valence-electron chi connectivity index (χ0n) is 10.4. The van der Waals surface area contributed by atoms with E-state index in [4.69, 9.17) is 5.11 Å². The molecule has 1 aromatic heterocycles. The van der Waals surface area contributed by atoms with Gasteiger partial charge in [0, 0.05) is 26.3 Å². The highest BCUT2D eigenvalue weighted by Gasteiger charge is 2.25. The van der Waals surface area contributed by atoms with E-state index in [2.05, 4.69) is 5.10 Å². The summed E-state index contributed by atoms with van der Waals surface area (Å²) >= 11 is 0. The first-order valence-electron chi connectivity index (χ1n) is 6.16. The molecule has 18 heavy (non-hydrogen) atoms. The number of aromatic nitrogens is 2. The van der Waals surface area contributed by atoms with Crippen LogP contribution in [0.4, 0.5) is 0 Å². The Balaban J connectivity index is 2.24. The van der Waals surface area contributed by atoms with Gasteiger partial charge in [-0.1, -0.05) is 12.8 Å². The fourth-order valence-corrected chi connectivity index (χ4v) is 2.23. The van der Waals surface area contributed by atoms with Crippen molar-refractivity contribution in [1.82, 2.24) is 14.7 Å². The van der Waals surface area contributed by atoms with Gasteiger partial charge in [0.1, 0.15) is 5.56 Å². The summed E-state index contributed by atoms with van der Waals surface area (Å²) in [6.07, 6.45) is 5.56. The molecule has 1 fully saturated rings. The highest BCUT2D eigenvalue weighted by molar-refractivity contribution is 6.03. The second kappa shape index (κ2) is 5.20. The van der Waals surface area contributed by atoms with Crippen LogP contribution in [0.3, 0.4) is 0 Å². The second-order valence-electron chi connectivity index (χ2n) is 4.58. The average molecular weight is 251 g/mol. The fourth-order valence-electron chi connectivity index (χ4n) is 2.23. The van der Waals surface area contributed by atoms with Gasteiger partial charge in [0.2, 0.25) is 0 Å². The van der Waals surface area contributed by atoms with Crippen LogP contribution in [0.15, 0.2) is 6.20 Å². The molecule has 6 nitrogen and oxygen atoms in total. The Labute approximate surface area is 105 Å². The van der Waals surface area contributed by atoms with Gasteiger partial charge in [0.15, 0.2) is 5.69 Å². The molecule has 6 heteroatoms. The van der Waals surface area contributed by atoms with Crippen molar-refractivity contribution < 1.29 is 14.7 Å². The summed E-state index contributed by atoms with van der Waals surface area (Å²) in [5.41, 5.74) is 0.0265. The van der Waals surface area contributed by atoms with E-state index in [1.54, 1.807) is 11.9 Å². The Morgan fingerprint density at radius 1 is 1.22 bits per heavy atom. The summed E-state index contributed by atoms with van der Waals surface area (Å²) in [6.45, 7) is 1.38. The van der Waals surface area contributed by atoms with E-state index in [-0.39, 0.29) is 17.2 Å². The summed E-state index contributed by atoms with van der Waals surface area (Å²) in [7, 11) is 1.62. The molecule has 0 aromatic carbocycles. The van der Waals surface area contributed by atoms with Crippen molar-refractivity contribution in [3.63, 3.8) is 0 Å². The third-order valence-corrected chi connectivity index (χ3v) is 3.16. The minimum atomic E-state index is -1.11. The number of hydrogen-bond acceptors (Lipinski definition) is 3. The lowest BCUT2D eigenvalue weighted by Gasteiger charge is -2.19. The van der Waals surface area contributed by atoms with Crippen LogP contribution in [0.5, 0.6) is 0 Å². The summed E-state index contributed by atoms with van der Waals surface area (Å²) in [5, 5.41) is 13.0. The Morgan fingerprint density at radius 3 is 2.39 bits per heavy atom. The second-order valence-corrected chi connectivity index (χ2v) is 4.58. The first-order valence-corrected chi connectivity index (χ1v) is 6.16. The number of amides is 1. The first-order chi connectivity index (χ1) is 8.59. The van der Waals surface area contributed by atoms with Crippen molar-refractivity contribution >= 4 is 11.9 Å². The van der Waals surface area contributed by atoms with Crippen molar-refractivity contribution in [3.8, 4) is 0 Å². The van der Waals surface area contributed by atoms with Gasteiger partial charge in [-0.3, -0.25) is 9.48 Å². The van der Waals surface area contributed by atoms with Gasteiger partial charge in [0.05, 0.1) is 0 Å². The van der Waals surface area contributed by atoms with Gasteiger partial charge in [-0.25, -0.2) is 4.79 Å². The number of carboxylic acid groups (broad SMARTS) is 1. The van der Waals surface area contributed by atoms with E-state index in [1.807, 2.05) is 0 Å². The molecule has 0 spiro atoms. The fraction of sp³-hybridized carbons (Fsp3) is 0.583. The van der Waals surface area contributed by atoms with Crippen LogP contribution in [-0.2, 0) is 7.05 Å². The van der Waals surface area contributed by atoms with E-state index < -0.39 is 5.97 Å². The molecule has 0 unspecified atom stereocenters. The van der Waals surface area contributed by atoms with Crippen LogP contribution in [0.25, 0.3) is 0 Å². The summed E-state index contributed by atoms with van der Waals surface area (Å²) in [6, 6.07) is 0. The molecule has 0 aliphatic carbocycles.